The summed E-state index contributed by atoms with van der Waals surface area (Å²) in [6, 6.07) is 4.21. The van der Waals surface area contributed by atoms with Crippen molar-refractivity contribution in [2.45, 2.75) is 50.6 Å². The molecule has 5 rings (SSSR count). The molecule has 0 amide bonds. The van der Waals surface area contributed by atoms with Crippen LogP contribution in [0.25, 0.3) is 0 Å². The average Bonchev–Trinajstić information content (AvgIpc) is 2.36. The second-order valence-corrected chi connectivity index (χ2v) is 7.85. The first-order chi connectivity index (χ1) is 9.21. The summed E-state index contributed by atoms with van der Waals surface area (Å²) in [7, 11) is 0. The minimum absolute atomic E-state index is 0.460. The first kappa shape index (κ1) is 12.3. The molecule has 1 aromatic rings. The molecule has 0 aliphatic heterocycles. The lowest BCUT2D eigenvalue weighted by molar-refractivity contribution is -0.0206. The first-order valence-corrected chi connectivity index (χ1v) is 8.36. The molecule has 4 aliphatic carbocycles. The second kappa shape index (κ2) is 4.56. The molecule has 0 spiro atoms. The Morgan fingerprint density at radius 3 is 2.26 bits per heavy atom. The van der Waals surface area contributed by atoms with Gasteiger partial charge in [-0.25, -0.2) is 4.98 Å². The van der Waals surface area contributed by atoms with Gasteiger partial charge in [-0.2, -0.15) is 0 Å². The van der Waals surface area contributed by atoms with Crippen molar-refractivity contribution in [2.24, 2.45) is 17.8 Å². The summed E-state index contributed by atoms with van der Waals surface area (Å²) in [5, 5.41) is 3.91. The average molecular weight is 321 g/mol. The van der Waals surface area contributed by atoms with Gasteiger partial charge in [-0.3, -0.25) is 0 Å². The van der Waals surface area contributed by atoms with E-state index in [1.54, 1.807) is 0 Å². The molecule has 4 fully saturated rings. The van der Waals surface area contributed by atoms with Crippen molar-refractivity contribution in [3.8, 4) is 0 Å². The lowest BCUT2D eigenvalue weighted by Gasteiger charge is -2.57. The molecule has 2 nitrogen and oxygen atoms in total. The maximum atomic E-state index is 4.32. The maximum Gasteiger partial charge on any atom is 0.106 e. The van der Waals surface area contributed by atoms with Gasteiger partial charge in [-0.15, -0.1) is 0 Å². The van der Waals surface area contributed by atoms with Gasteiger partial charge < -0.3 is 5.32 Å². The van der Waals surface area contributed by atoms with Crippen LogP contribution in [-0.4, -0.2) is 10.5 Å². The molecule has 0 unspecified atom stereocenters. The summed E-state index contributed by atoms with van der Waals surface area (Å²) < 4.78 is 0.922. The summed E-state index contributed by atoms with van der Waals surface area (Å²) in [6.07, 6.45) is 10.8. The second-order valence-electron chi connectivity index (χ2n) is 7.04. The zero-order chi connectivity index (χ0) is 12.9. The molecule has 4 saturated carbocycles. The summed E-state index contributed by atoms with van der Waals surface area (Å²) >= 11 is 3.40. The summed E-state index contributed by atoms with van der Waals surface area (Å²) in [5.74, 6) is 3.05. The molecule has 1 aromatic heterocycles. The summed E-state index contributed by atoms with van der Waals surface area (Å²) in [6.45, 7) is 0.979. The van der Waals surface area contributed by atoms with E-state index in [0.717, 1.165) is 28.9 Å². The fourth-order valence-electron chi connectivity index (χ4n) is 5.13. The topological polar surface area (TPSA) is 24.9 Å². The SMILES string of the molecule is Brc1ccc(CNC23CC4CC(CC(C4)C2)C3)cn1. The van der Waals surface area contributed by atoms with E-state index in [1.165, 1.54) is 44.1 Å². The zero-order valence-electron chi connectivity index (χ0n) is 11.2. The van der Waals surface area contributed by atoms with E-state index in [0.29, 0.717) is 5.54 Å². The van der Waals surface area contributed by atoms with Crippen molar-refractivity contribution >= 4 is 15.9 Å². The highest BCUT2D eigenvalue weighted by Gasteiger charge is 2.50. The van der Waals surface area contributed by atoms with Crippen LogP contribution in [0.4, 0.5) is 0 Å². The van der Waals surface area contributed by atoms with Crippen molar-refractivity contribution in [3.63, 3.8) is 0 Å². The van der Waals surface area contributed by atoms with E-state index in [9.17, 15) is 0 Å². The van der Waals surface area contributed by atoms with E-state index < -0.39 is 0 Å². The molecule has 1 heterocycles. The number of aromatic nitrogens is 1. The van der Waals surface area contributed by atoms with Crippen LogP contribution in [0.3, 0.4) is 0 Å². The summed E-state index contributed by atoms with van der Waals surface area (Å²) in [5.41, 5.74) is 1.76. The van der Waals surface area contributed by atoms with Gasteiger partial charge in [0.1, 0.15) is 4.60 Å². The fraction of sp³-hybridized carbons (Fsp3) is 0.688. The number of hydrogen-bond donors (Lipinski definition) is 1. The monoisotopic (exact) mass is 320 g/mol. The van der Waals surface area contributed by atoms with Gasteiger partial charge in [-0.1, -0.05) is 6.07 Å². The highest BCUT2D eigenvalue weighted by atomic mass is 79.9. The molecule has 19 heavy (non-hydrogen) atoms. The lowest BCUT2D eigenvalue weighted by atomic mass is 9.53. The van der Waals surface area contributed by atoms with Crippen LogP contribution < -0.4 is 5.32 Å². The normalized spacial score (nSPS) is 39.7. The van der Waals surface area contributed by atoms with E-state index in [2.05, 4.69) is 32.3 Å². The number of rotatable bonds is 3. The number of hydrogen-bond acceptors (Lipinski definition) is 2. The molecular formula is C16H21BrN2. The molecule has 4 bridgehead atoms. The Morgan fingerprint density at radius 1 is 1.11 bits per heavy atom. The Hall–Kier alpha value is -0.410. The smallest absolute Gasteiger partial charge is 0.106 e. The standard InChI is InChI=1S/C16H21BrN2/c17-15-2-1-11(9-18-15)10-19-16-6-12-3-13(7-16)5-14(4-12)8-16/h1-2,9,12-14,19H,3-8,10H2. The third-order valence-electron chi connectivity index (χ3n) is 5.49. The molecule has 0 saturated heterocycles. The van der Waals surface area contributed by atoms with E-state index in [-0.39, 0.29) is 0 Å². The largest absolute Gasteiger partial charge is 0.307 e. The molecule has 0 radical (unpaired) electrons. The highest BCUT2D eigenvalue weighted by Crippen LogP contribution is 2.55. The number of pyridine rings is 1. The minimum atomic E-state index is 0.460. The van der Waals surface area contributed by atoms with Gasteiger partial charge in [0.05, 0.1) is 0 Å². The fourth-order valence-corrected chi connectivity index (χ4v) is 5.36. The third kappa shape index (κ3) is 2.36. The Labute approximate surface area is 123 Å². The lowest BCUT2D eigenvalue weighted by Crippen LogP contribution is -2.58. The van der Waals surface area contributed by atoms with Crippen molar-refractivity contribution in [2.75, 3.05) is 0 Å². The highest BCUT2D eigenvalue weighted by molar-refractivity contribution is 9.10. The maximum absolute atomic E-state index is 4.32. The van der Waals surface area contributed by atoms with Crippen molar-refractivity contribution in [3.05, 3.63) is 28.5 Å². The van der Waals surface area contributed by atoms with E-state index >= 15 is 0 Å². The van der Waals surface area contributed by atoms with Crippen molar-refractivity contribution in [1.29, 1.82) is 0 Å². The van der Waals surface area contributed by atoms with Crippen molar-refractivity contribution < 1.29 is 0 Å². The Balaban J connectivity index is 1.46. The van der Waals surface area contributed by atoms with E-state index in [4.69, 9.17) is 0 Å². The number of nitrogens with one attached hydrogen (secondary N) is 1. The summed E-state index contributed by atoms with van der Waals surface area (Å²) in [4.78, 5) is 4.32. The minimum Gasteiger partial charge on any atom is -0.307 e. The molecular weight excluding hydrogens is 300 g/mol. The van der Waals surface area contributed by atoms with Crippen LogP contribution in [0.15, 0.2) is 22.9 Å². The molecule has 102 valence electrons. The first-order valence-electron chi connectivity index (χ1n) is 7.56. The van der Waals surface area contributed by atoms with Gasteiger partial charge >= 0.3 is 0 Å². The Morgan fingerprint density at radius 2 is 1.74 bits per heavy atom. The van der Waals surface area contributed by atoms with Crippen LogP contribution in [0.1, 0.15) is 44.1 Å². The van der Waals surface area contributed by atoms with Crippen LogP contribution in [0, 0.1) is 17.8 Å². The van der Waals surface area contributed by atoms with Crippen molar-refractivity contribution in [1.82, 2.24) is 10.3 Å². The van der Waals surface area contributed by atoms with Gasteiger partial charge in [0.15, 0.2) is 0 Å². The van der Waals surface area contributed by atoms with E-state index in [1.807, 2.05) is 12.3 Å². The quantitative estimate of drug-likeness (QED) is 0.854. The number of nitrogens with zero attached hydrogens (tertiary/aromatic N) is 1. The predicted molar refractivity (Wildman–Crippen MR) is 79.7 cm³/mol. The molecule has 0 aromatic carbocycles. The number of halogens is 1. The molecule has 4 aliphatic rings. The molecule has 0 atom stereocenters. The third-order valence-corrected chi connectivity index (χ3v) is 5.96. The van der Waals surface area contributed by atoms with Gasteiger partial charge in [-0.05, 0) is 83.8 Å². The zero-order valence-corrected chi connectivity index (χ0v) is 12.8. The van der Waals surface area contributed by atoms with Gasteiger partial charge in [0.25, 0.3) is 0 Å². The van der Waals surface area contributed by atoms with Crippen LogP contribution >= 0.6 is 15.9 Å². The van der Waals surface area contributed by atoms with Crippen LogP contribution in [0.5, 0.6) is 0 Å². The van der Waals surface area contributed by atoms with Gasteiger partial charge in [0.2, 0.25) is 0 Å². The Bertz CT molecular complexity index is 433. The Kier molecular flexibility index (Phi) is 2.96. The molecule has 1 N–H and O–H groups in total. The van der Waals surface area contributed by atoms with Crippen LogP contribution in [-0.2, 0) is 6.54 Å². The van der Waals surface area contributed by atoms with Gasteiger partial charge in [0, 0.05) is 18.3 Å². The van der Waals surface area contributed by atoms with Crippen LogP contribution in [0.2, 0.25) is 0 Å². The predicted octanol–water partition coefficient (Wildman–Crippen LogP) is 3.90. The molecule has 3 heteroatoms.